The Hall–Kier alpha value is -1.56. The van der Waals surface area contributed by atoms with Crippen LogP contribution in [-0.4, -0.2) is 93.2 Å². The summed E-state index contributed by atoms with van der Waals surface area (Å²) in [7, 11) is -6.90. The predicted molar refractivity (Wildman–Crippen MR) is 115 cm³/mol. The monoisotopic (exact) mass is 475 g/mol. The van der Waals surface area contributed by atoms with Gasteiger partial charge in [-0.2, -0.15) is 4.31 Å². The molecule has 2 saturated heterocycles. The van der Waals surface area contributed by atoms with Crippen LogP contribution in [0.1, 0.15) is 26.7 Å². The van der Waals surface area contributed by atoms with E-state index in [1.807, 2.05) is 18.7 Å². The summed E-state index contributed by atoms with van der Waals surface area (Å²) in [5, 5.41) is 0. The zero-order valence-corrected chi connectivity index (χ0v) is 19.5. The Bertz CT molecular complexity index is 1010. The Kier molecular flexibility index (Phi) is 7.39. The summed E-state index contributed by atoms with van der Waals surface area (Å²) in [5.41, 5.74) is 0. The van der Waals surface area contributed by atoms with Crippen LogP contribution in [0.15, 0.2) is 29.2 Å². The quantitative estimate of drug-likeness (QED) is 0.583. The molecule has 0 saturated carbocycles. The number of rotatable bonds is 7. The van der Waals surface area contributed by atoms with Crippen molar-refractivity contribution in [3.05, 3.63) is 30.1 Å². The maximum atomic E-state index is 13.4. The average molecular weight is 476 g/mol. The third-order valence-corrected chi connectivity index (χ3v) is 9.72. The van der Waals surface area contributed by atoms with Gasteiger partial charge in [0, 0.05) is 38.3 Å². The maximum absolute atomic E-state index is 13.4. The zero-order chi connectivity index (χ0) is 22.8. The van der Waals surface area contributed by atoms with Gasteiger partial charge in [0.2, 0.25) is 15.9 Å². The molecule has 2 fully saturated rings. The first-order valence-electron chi connectivity index (χ1n) is 10.5. The minimum atomic E-state index is -3.79. The van der Waals surface area contributed by atoms with E-state index in [4.69, 9.17) is 0 Å². The highest BCUT2D eigenvalue weighted by Gasteiger charge is 2.37. The number of carbonyl (C=O) groups excluding carboxylic acids is 1. The molecule has 3 rings (SSSR count). The normalized spacial score (nSPS) is 23.5. The molecule has 31 heavy (non-hydrogen) atoms. The van der Waals surface area contributed by atoms with Crippen LogP contribution in [0.5, 0.6) is 0 Å². The Morgan fingerprint density at radius 3 is 2.48 bits per heavy atom. The second kappa shape index (κ2) is 9.51. The first-order chi connectivity index (χ1) is 14.5. The fourth-order valence-electron chi connectivity index (χ4n) is 4.18. The lowest BCUT2D eigenvalue weighted by atomic mass is 10.1. The van der Waals surface area contributed by atoms with Gasteiger partial charge >= 0.3 is 0 Å². The Morgan fingerprint density at radius 2 is 1.94 bits per heavy atom. The molecule has 0 aromatic heterocycles. The van der Waals surface area contributed by atoms with Crippen molar-refractivity contribution in [2.24, 2.45) is 0 Å². The molecular weight excluding hydrogens is 445 g/mol. The fourth-order valence-corrected chi connectivity index (χ4v) is 7.34. The van der Waals surface area contributed by atoms with Crippen LogP contribution in [0.2, 0.25) is 0 Å². The smallest absolute Gasteiger partial charge is 0.243 e. The molecule has 1 aromatic carbocycles. The van der Waals surface area contributed by atoms with E-state index in [2.05, 4.69) is 0 Å². The van der Waals surface area contributed by atoms with Crippen LogP contribution in [0, 0.1) is 5.82 Å². The standard InChI is InChI=1S/C20H30FN3O5S2/c1-3-16(2)24(18-7-12-30(26,27)15-18)20(25)14-22-8-10-23(11-9-22)31(28,29)19-6-4-5-17(21)13-19/h4-6,13,16,18H,3,7-12,14-15H2,1-2H3. The molecule has 2 unspecified atom stereocenters. The van der Waals surface area contributed by atoms with Crippen LogP contribution in [0.4, 0.5) is 4.39 Å². The molecule has 2 atom stereocenters. The number of hydrogen-bond acceptors (Lipinski definition) is 6. The first kappa shape index (κ1) is 24.1. The number of sulfonamides is 1. The molecule has 2 aliphatic rings. The van der Waals surface area contributed by atoms with Crippen molar-refractivity contribution in [1.82, 2.24) is 14.1 Å². The van der Waals surface area contributed by atoms with E-state index < -0.39 is 25.7 Å². The largest absolute Gasteiger partial charge is 0.335 e. The second-order valence-electron chi connectivity index (χ2n) is 8.25. The number of sulfone groups is 1. The minimum Gasteiger partial charge on any atom is -0.335 e. The number of hydrogen-bond donors (Lipinski definition) is 0. The number of piperazine rings is 1. The van der Waals surface area contributed by atoms with Gasteiger partial charge in [0.1, 0.15) is 5.82 Å². The summed E-state index contributed by atoms with van der Waals surface area (Å²) in [6, 6.07) is 4.56. The first-order valence-corrected chi connectivity index (χ1v) is 13.8. The van der Waals surface area contributed by atoms with E-state index in [-0.39, 0.29) is 54.0 Å². The van der Waals surface area contributed by atoms with E-state index in [1.165, 1.54) is 22.5 Å². The lowest BCUT2D eigenvalue weighted by Gasteiger charge is -2.38. The van der Waals surface area contributed by atoms with Gasteiger partial charge in [-0.15, -0.1) is 0 Å². The highest BCUT2D eigenvalue weighted by atomic mass is 32.2. The SMILES string of the molecule is CCC(C)N(C(=O)CN1CCN(S(=O)(=O)c2cccc(F)c2)CC1)C1CCS(=O)(=O)C1. The summed E-state index contributed by atoms with van der Waals surface area (Å²) >= 11 is 0. The molecule has 0 N–H and O–H groups in total. The Morgan fingerprint density at radius 1 is 1.26 bits per heavy atom. The Balaban J connectivity index is 1.62. The van der Waals surface area contributed by atoms with Crippen molar-refractivity contribution in [3.63, 3.8) is 0 Å². The van der Waals surface area contributed by atoms with E-state index in [0.29, 0.717) is 19.5 Å². The molecule has 0 aliphatic carbocycles. The van der Waals surface area contributed by atoms with Gasteiger partial charge in [0.05, 0.1) is 22.9 Å². The molecule has 0 radical (unpaired) electrons. The molecule has 1 aromatic rings. The van der Waals surface area contributed by atoms with Gasteiger partial charge < -0.3 is 4.90 Å². The number of nitrogens with zero attached hydrogens (tertiary/aromatic N) is 3. The highest BCUT2D eigenvalue weighted by molar-refractivity contribution is 7.91. The third-order valence-electron chi connectivity index (χ3n) is 6.08. The van der Waals surface area contributed by atoms with Crippen molar-refractivity contribution in [2.45, 2.75) is 43.7 Å². The summed E-state index contributed by atoms with van der Waals surface area (Å²) < 4.78 is 64.1. The maximum Gasteiger partial charge on any atom is 0.243 e. The molecule has 0 bridgehead atoms. The molecule has 2 heterocycles. The van der Waals surface area contributed by atoms with E-state index in [0.717, 1.165) is 12.5 Å². The van der Waals surface area contributed by atoms with Gasteiger partial charge in [-0.05, 0) is 38.0 Å². The number of carbonyl (C=O) groups is 1. The van der Waals surface area contributed by atoms with Crippen LogP contribution in [0.3, 0.4) is 0 Å². The number of halogens is 1. The zero-order valence-electron chi connectivity index (χ0n) is 17.9. The van der Waals surface area contributed by atoms with Gasteiger partial charge in [-0.3, -0.25) is 9.69 Å². The van der Waals surface area contributed by atoms with Crippen LogP contribution in [0.25, 0.3) is 0 Å². The van der Waals surface area contributed by atoms with Crippen molar-refractivity contribution in [1.29, 1.82) is 0 Å². The molecule has 1 amide bonds. The molecule has 11 heteroatoms. The average Bonchev–Trinajstić information content (AvgIpc) is 3.07. The number of amides is 1. The molecule has 174 valence electrons. The molecule has 2 aliphatic heterocycles. The van der Waals surface area contributed by atoms with Gasteiger partial charge in [-0.25, -0.2) is 21.2 Å². The van der Waals surface area contributed by atoms with Crippen molar-refractivity contribution >= 4 is 25.8 Å². The fraction of sp³-hybridized carbons (Fsp3) is 0.650. The van der Waals surface area contributed by atoms with Crippen LogP contribution in [-0.2, 0) is 24.7 Å². The van der Waals surface area contributed by atoms with Crippen molar-refractivity contribution < 1.29 is 26.0 Å². The molecule has 8 nitrogen and oxygen atoms in total. The van der Waals surface area contributed by atoms with E-state index in [9.17, 15) is 26.0 Å². The summed E-state index contributed by atoms with van der Waals surface area (Å²) in [6.07, 6.45) is 1.18. The van der Waals surface area contributed by atoms with Crippen LogP contribution >= 0.6 is 0 Å². The third kappa shape index (κ3) is 5.63. The van der Waals surface area contributed by atoms with Crippen molar-refractivity contribution in [2.75, 3.05) is 44.2 Å². The Labute approximate surface area is 184 Å². The molecule has 0 spiro atoms. The minimum absolute atomic E-state index is 0.00271. The number of benzene rings is 1. The predicted octanol–water partition coefficient (Wildman–Crippen LogP) is 0.946. The summed E-state index contributed by atoms with van der Waals surface area (Å²) in [6.45, 7) is 5.15. The van der Waals surface area contributed by atoms with Gasteiger partial charge in [-0.1, -0.05) is 13.0 Å². The lowest BCUT2D eigenvalue weighted by molar-refractivity contribution is -0.137. The lowest BCUT2D eigenvalue weighted by Crippen LogP contribution is -2.54. The van der Waals surface area contributed by atoms with E-state index >= 15 is 0 Å². The topological polar surface area (TPSA) is 95.1 Å². The summed E-state index contributed by atoms with van der Waals surface area (Å²) in [4.78, 5) is 16.6. The van der Waals surface area contributed by atoms with E-state index in [1.54, 1.807) is 4.90 Å². The highest BCUT2D eigenvalue weighted by Crippen LogP contribution is 2.22. The van der Waals surface area contributed by atoms with Gasteiger partial charge in [0.15, 0.2) is 9.84 Å². The molecular formula is C20H30FN3O5S2. The van der Waals surface area contributed by atoms with Crippen LogP contribution < -0.4 is 0 Å². The summed E-state index contributed by atoms with van der Waals surface area (Å²) in [5.74, 6) is -0.626. The van der Waals surface area contributed by atoms with Gasteiger partial charge in [0.25, 0.3) is 0 Å². The van der Waals surface area contributed by atoms with Crippen molar-refractivity contribution in [3.8, 4) is 0 Å². The second-order valence-corrected chi connectivity index (χ2v) is 12.4.